The fourth-order valence-corrected chi connectivity index (χ4v) is 3.82. The standard InChI is InChI=1S/C26H35BO3/c1-17(2)10-8-11-18(3)12-9-14-26(7)15-13-22-21(6)24(29-16-23(27)28)19(4)20(5)25(22)30-26/h9-10,12,14H,8,11,13,15-16H2,1-7H3/b14-9-,18-12-/t26-/m1/s1. The molecule has 0 aliphatic carbocycles. The van der Waals surface area contributed by atoms with Crippen LogP contribution in [0.1, 0.15) is 69.2 Å². The number of allylic oxidation sites excluding steroid dienone is 5. The highest BCUT2D eigenvalue weighted by Gasteiger charge is 2.32. The van der Waals surface area contributed by atoms with Crippen molar-refractivity contribution in [1.29, 1.82) is 0 Å². The van der Waals surface area contributed by atoms with Crippen LogP contribution in [-0.4, -0.2) is 25.7 Å². The number of carbonyl (C=O) groups is 1. The van der Waals surface area contributed by atoms with E-state index in [-0.39, 0.29) is 12.2 Å². The van der Waals surface area contributed by atoms with Gasteiger partial charge in [0.1, 0.15) is 29.4 Å². The van der Waals surface area contributed by atoms with Crippen LogP contribution in [0.4, 0.5) is 0 Å². The number of rotatable bonds is 8. The fourth-order valence-electron chi connectivity index (χ4n) is 3.82. The van der Waals surface area contributed by atoms with E-state index in [0.29, 0.717) is 0 Å². The van der Waals surface area contributed by atoms with Gasteiger partial charge in [-0.2, -0.15) is 0 Å². The van der Waals surface area contributed by atoms with Crippen molar-refractivity contribution < 1.29 is 14.3 Å². The van der Waals surface area contributed by atoms with Gasteiger partial charge in [-0.1, -0.05) is 29.4 Å². The van der Waals surface area contributed by atoms with Gasteiger partial charge in [0.05, 0.1) is 0 Å². The van der Waals surface area contributed by atoms with Crippen molar-refractivity contribution in [1.82, 2.24) is 0 Å². The number of carbonyl (C=O) groups excluding carboxylic acids is 1. The summed E-state index contributed by atoms with van der Waals surface area (Å²) < 4.78 is 12.2. The molecule has 0 aromatic heterocycles. The molecule has 3 nitrogen and oxygen atoms in total. The summed E-state index contributed by atoms with van der Waals surface area (Å²) in [6, 6.07) is 0. The average Bonchev–Trinajstić information content (AvgIpc) is 2.65. The van der Waals surface area contributed by atoms with Gasteiger partial charge in [-0.3, -0.25) is 0 Å². The molecule has 0 bridgehead atoms. The lowest BCUT2D eigenvalue weighted by atomic mass is 9.87. The molecular formula is C26H35BO3. The third-order valence-corrected chi connectivity index (χ3v) is 5.80. The number of fused-ring (bicyclic) bond motifs is 1. The third kappa shape index (κ3) is 6.14. The molecule has 0 N–H and O–H groups in total. The van der Waals surface area contributed by atoms with Crippen molar-refractivity contribution in [3.63, 3.8) is 0 Å². The van der Waals surface area contributed by atoms with Crippen LogP contribution in [0.5, 0.6) is 11.5 Å². The highest BCUT2D eigenvalue weighted by atomic mass is 16.5. The molecule has 1 aromatic carbocycles. The predicted molar refractivity (Wildman–Crippen MR) is 126 cm³/mol. The molecule has 0 unspecified atom stereocenters. The van der Waals surface area contributed by atoms with Crippen LogP contribution in [0.2, 0.25) is 0 Å². The van der Waals surface area contributed by atoms with Gasteiger partial charge in [0.25, 0.3) is 0 Å². The van der Waals surface area contributed by atoms with Crippen LogP contribution in [0, 0.1) is 20.8 Å². The minimum Gasteiger partial charge on any atom is -0.486 e. The average molecular weight is 406 g/mol. The number of hydrogen-bond acceptors (Lipinski definition) is 3. The highest BCUT2D eigenvalue weighted by molar-refractivity contribution is 6.58. The minimum absolute atomic E-state index is 0.111. The maximum absolute atomic E-state index is 11.1. The Balaban J connectivity index is 2.19. The second-order valence-corrected chi connectivity index (χ2v) is 8.87. The van der Waals surface area contributed by atoms with Gasteiger partial charge in [-0.15, -0.1) is 0 Å². The molecule has 1 aliphatic heterocycles. The van der Waals surface area contributed by atoms with Gasteiger partial charge in [0.15, 0.2) is 7.85 Å². The first-order chi connectivity index (χ1) is 14.0. The first-order valence-electron chi connectivity index (χ1n) is 10.7. The second-order valence-electron chi connectivity index (χ2n) is 8.87. The van der Waals surface area contributed by atoms with Crippen molar-refractivity contribution >= 4 is 13.5 Å². The van der Waals surface area contributed by atoms with Crippen molar-refractivity contribution in [2.24, 2.45) is 0 Å². The van der Waals surface area contributed by atoms with Crippen LogP contribution in [0.3, 0.4) is 0 Å². The molecule has 2 radical (unpaired) electrons. The van der Waals surface area contributed by atoms with E-state index >= 15 is 0 Å². The SMILES string of the molecule is [B]C(=O)COc1c(C)c(C)c2c(c1C)CC[C@@](C)(/C=C\C=C(\C)CCC=C(C)C)O2. The molecule has 0 amide bonds. The molecule has 4 heteroatoms. The number of ether oxygens (including phenoxy) is 2. The first-order valence-corrected chi connectivity index (χ1v) is 10.7. The van der Waals surface area contributed by atoms with Gasteiger partial charge in [0.2, 0.25) is 0 Å². The molecule has 1 aliphatic rings. The zero-order chi connectivity index (χ0) is 22.5. The largest absolute Gasteiger partial charge is 0.486 e. The monoisotopic (exact) mass is 406 g/mol. The van der Waals surface area contributed by atoms with E-state index in [4.69, 9.17) is 17.3 Å². The van der Waals surface area contributed by atoms with Crippen molar-refractivity contribution in [2.45, 2.75) is 79.8 Å². The number of hydrogen-bond donors (Lipinski definition) is 0. The van der Waals surface area contributed by atoms with Crippen LogP contribution in [-0.2, 0) is 11.2 Å². The maximum atomic E-state index is 11.1. The van der Waals surface area contributed by atoms with Gasteiger partial charge in [0, 0.05) is 5.56 Å². The van der Waals surface area contributed by atoms with Crippen molar-refractivity contribution in [3.05, 3.63) is 57.7 Å². The van der Waals surface area contributed by atoms with E-state index < -0.39 is 5.68 Å². The lowest BCUT2D eigenvalue weighted by molar-refractivity contribution is -0.113. The molecule has 2 rings (SSSR count). The number of benzene rings is 1. The van der Waals surface area contributed by atoms with Crippen LogP contribution >= 0.6 is 0 Å². The molecular weight excluding hydrogens is 371 g/mol. The molecule has 1 aromatic rings. The lowest BCUT2D eigenvalue weighted by Crippen LogP contribution is -2.35. The van der Waals surface area contributed by atoms with Gasteiger partial charge < -0.3 is 14.3 Å². The Morgan fingerprint density at radius 1 is 1.17 bits per heavy atom. The molecule has 1 atom stereocenters. The second kappa shape index (κ2) is 10.2. The molecule has 0 spiro atoms. The normalized spacial score (nSPS) is 18.7. The molecule has 30 heavy (non-hydrogen) atoms. The van der Waals surface area contributed by atoms with E-state index in [0.717, 1.165) is 59.4 Å². The van der Waals surface area contributed by atoms with E-state index in [1.165, 1.54) is 11.1 Å². The smallest absolute Gasteiger partial charge is 0.172 e. The topological polar surface area (TPSA) is 35.5 Å². The van der Waals surface area contributed by atoms with Crippen LogP contribution in [0.25, 0.3) is 0 Å². The Labute approximate surface area is 183 Å². The van der Waals surface area contributed by atoms with E-state index in [2.05, 4.69) is 52.0 Å². The predicted octanol–water partition coefficient (Wildman–Crippen LogP) is 6.02. The summed E-state index contributed by atoms with van der Waals surface area (Å²) in [4.78, 5) is 11.1. The molecule has 160 valence electrons. The van der Waals surface area contributed by atoms with E-state index in [1.807, 2.05) is 20.8 Å². The molecule has 1 heterocycles. The van der Waals surface area contributed by atoms with Crippen molar-refractivity contribution in [3.8, 4) is 11.5 Å². The summed E-state index contributed by atoms with van der Waals surface area (Å²) >= 11 is 0. The van der Waals surface area contributed by atoms with Gasteiger partial charge in [-0.25, -0.2) is 0 Å². The van der Waals surface area contributed by atoms with Crippen molar-refractivity contribution in [2.75, 3.05) is 6.61 Å². The van der Waals surface area contributed by atoms with Crippen LogP contribution < -0.4 is 9.47 Å². The summed E-state index contributed by atoms with van der Waals surface area (Å²) in [7, 11) is 5.26. The Bertz CT molecular complexity index is 888. The lowest BCUT2D eigenvalue weighted by Gasteiger charge is -2.36. The quantitative estimate of drug-likeness (QED) is 0.301. The summed E-state index contributed by atoms with van der Waals surface area (Å²) in [5.41, 5.74) is 6.17. The summed E-state index contributed by atoms with van der Waals surface area (Å²) in [6.07, 6.45) is 12.7. The summed E-state index contributed by atoms with van der Waals surface area (Å²) in [5.74, 6) is 1.70. The minimum atomic E-state index is -0.470. The van der Waals surface area contributed by atoms with E-state index in [9.17, 15) is 4.79 Å². The molecule has 0 saturated heterocycles. The zero-order valence-corrected chi connectivity index (χ0v) is 19.6. The van der Waals surface area contributed by atoms with Gasteiger partial charge >= 0.3 is 0 Å². The Hall–Kier alpha value is -2.23. The Kier molecular flexibility index (Phi) is 8.17. The van der Waals surface area contributed by atoms with Crippen LogP contribution in [0.15, 0.2) is 35.5 Å². The summed E-state index contributed by atoms with van der Waals surface area (Å²) in [6.45, 7) is 14.6. The Morgan fingerprint density at radius 3 is 2.50 bits per heavy atom. The first kappa shape index (κ1) is 24.0. The molecule has 0 fully saturated rings. The highest BCUT2D eigenvalue weighted by Crippen LogP contribution is 2.44. The zero-order valence-electron chi connectivity index (χ0n) is 19.6. The summed E-state index contributed by atoms with van der Waals surface area (Å²) in [5, 5.41) is 0. The fraction of sp³-hybridized carbons (Fsp3) is 0.500. The van der Waals surface area contributed by atoms with E-state index in [1.54, 1.807) is 0 Å². The van der Waals surface area contributed by atoms with Gasteiger partial charge in [-0.05, 0) is 96.9 Å². The Morgan fingerprint density at radius 2 is 1.87 bits per heavy atom. The molecule has 0 saturated carbocycles. The maximum Gasteiger partial charge on any atom is 0.172 e. The third-order valence-electron chi connectivity index (χ3n) is 5.80.